The SMILES string of the molecule is C1COCCN1.c1cncc(N2CCc3c(-c4ccncc4)ncnc32)c1. The molecule has 2 aliphatic rings. The molecule has 7 nitrogen and oxygen atoms in total. The van der Waals surface area contributed by atoms with E-state index in [9.17, 15) is 0 Å². The first-order chi connectivity index (χ1) is 13.4. The lowest BCUT2D eigenvalue weighted by Crippen LogP contribution is -2.30. The number of morpholine rings is 1. The van der Waals surface area contributed by atoms with Gasteiger partial charge in [-0.2, -0.15) is 0 Å². The molecule has 0 aliphatic carbocycles. The van der Waals surface area contributed by atoms with Crippen molar-refractivity contribution in [2.45, 2.75) is 6.42 Å². The molecular weight excluding hydrogens is 340 g/mol. The molecule has 138 valence electrons. The number of fused-ring (bicyclic) bond motifs is 1. The molecular formula is C20H22N6O. The van der Waals surface area contributed by atoms with Crippen molar-refractivity contribution in [3.63, 3.8) is 0 Å². The summed E-state index contributed by atoms with van der Waals surface area (Å²) in [6.45, 7) is 4.73. The van der Waals surface area contributed by atoms with Crippen molar-refractivity contribution in [1.82, 2.24) is 25.3 Å². The number of pyridine rings is 2. The zero-order chi connectivity index (χ0) is 18.3. The van der Waals surface area contributed by atoms with Gasteiger partial charge in [0.15, 0.2) is 0 Å². The molecule has 7 heteroatoms. The first kappa shape index (κ1) is 17.5. The molecule has 5 heterocycles. The largest absolute Gasteiger partial charge is 0.379 e. The van der Waals surface area contributed by atoms with Crippen LogP contribution in [0.1, 0.15) is 5.56 Å². The molecule has 0 atom stereocenters. The van der Waals surface area contributed by atoms with Crippen LogP contribution in [0.25, 0.3) is 11.3 Å². The molecule has 5 rings (SSSR count). The van der Waals surface area contributed by atoms with E-state index in [2.05, 4.69) is 36.2 Å². The molecule has 0 amide bonds. The second-order valence-corrected chi connectivity index (χ2v) is 6.24. The molecule has 0 bridgehead atoms. The number of hydrogen-bond donors (Lipinski definition) is 1. The highest BCUT2D eigenvalue weighted by molar-refractivity contribution is 5.74. The number of rotatable bonds is 2. The fourth-order valence-corrected chi connectivity index (χ4v) is 3.23. The summed E-state index contributed by atoms with van der Waals surface area (Å²) >= 11 is 0. The van der Waals surface area contributed by atoms with Crippen molar-refractivity contribution >= 4 is 11.5 Å². The van der Waals surface area contributed by atoms with Crippen LogP contribution in [0.4, 0.5) is 11.5 Å². The van der Waals surface area contributed by atoms with Gasteiger partial charge in [-0.15, -0.1) is 0 Å². The number of ether oxygens (including phenoxy) is 1. The summed E-state index contributed by atoms with van der Waals surface area (Å²) in [7, 11) is 0. The van der Waals surface area contributed by atoms with Crippen molar-refractivity contribution < 1.29 is 4.74 Å². The van der Waals surface area contributed by atoms with E-state index in [0.29, 0.717) is 0 Å². The Morgan fingerprint density at radius 2 is 1.81 bits per heavy atom. The Balaban J connectivity index is 0.000000257. The van der Waals surface area contributed by atoms with Crippen LogP contribution in [0.2, 0.25) is 0 Å². The predicted molar refractivity (Wildman–Crippen MR) is 104 cm³/mol. The van der Waals surface area contributed by atoms with Crippen molar-refractivity contribution in [3.05, 3.63) is 60.9 Å². The lowest BCUT2D eigenvalue weighted by atomic mass is 10.1. The topological polar surface area (TPSA) is 76.1 Å². The predicted octanol–water partition coefficient (Wildman–Crippen LogP) is 2.23. The second kappa shape index (κ2) is 8.66. The average Bonchev–Trinajstić information content (AvgIpc) is 3.21. The van der Waals surface area contributed by atoms with Crippen molar-refractivity contribution in [2.75, 3.05) is 37.7 Å². The number of nitrogens with one attached hydrogen (secondary N) is 1. The Kier molecular flexibility index (Phi) is 5.61. The standard InChI is InChI=1S/C16H13N5.C4H9NO/c1-2-13(10-18-6-1)21-9-5-14-15(19-11-20-16(14)21)12-3-7-17-8-4-12;1-3-6-4-2-5-1/h1-4,6-8,10-11H,5,9H2;5H,1-4H2. The van der Waals surface area contributed by atoms with Crippen LogP contribution in [0.3, 0.4) is 0 Å². The molecule has 27 heavy (non-hydrogen) atoms. The van der Waals surface area contributed by atoms with Crippen molar-refractivity contribution in [2.24, 2.45) is 0 Å². The fraction of sp³-hybridized carbons (Fsp3) is 0.300. The van der Waals surface area contributed by atoms with E-state index < -0.39 is 0 Å². The zero-order valence-electron chi connectivity index (χ0n) is 15.1. The van der Waals surface area contributed by atoms with Crippen LogP contribution in [-0.2, 0) is 11.2 Å². The summed E-state index contributed by atoms with van der Waals surface area (Å²) in [5, 5.41) is 3.16. The third-order valence-electron chi connectivity index (χ3n) is 4.52. The van der Waals surface area contributed by atoms with Crippen LogP contribution >= 0.6 is 0 Å². The number of anilines is 2. The maximum Gasteiger partial charge on any atom is 0.140 e. The molecule has 1 N–H and O–H groups in total. The maximum absolute atomic E-state index is 5.01. The Labute approximate surface area is 158 Å². The number of hydrogen-bond acceptors (Lipinski definition) is 7. The number of aromatic nitrogens is 4. The van der Waals surface area contributed by atoms with Gasteiger partial charge in [0.25, 0.3) is 0 Å². The summed E-state index contributed by atoms with van der Waals surface area (Å²) in [5.74, 6) is 0.977. The minimum absolute atomic E-state index is 0.889. The van der Waals surface area contributed by atoms with E-state index >= 15 is 0 Å². The van der Waals surface area contributed by atoms with E-state index in [1.165, 1.54) is 5.56 Å². The molecule has 3 aromatic rings. The van der Waals surface area contributed by atoms with Crippen LogP contribution < -0.4 is 10.2 Å². The molecule has 0 unspecified atom stereocenters. The fourth-order valence-electron chi connectivity index (χ4n) is 3.23. The van der Waals surface area contributed by atoms with E-state index in [1.54, 1.807) is 24.9 Å². The summed E-state index contributed by atoms with van der Waals surface area (Å²) in [6, 6.07) is 7.96. The Morgan fingerprint density at radius 1 is 0.963 bits per heavy atom. The van der Waals surface area contributed by atoms with E-state index in [1.807, 2.05) is 24.4 Å². The van der Waals surface area contributed by atoms with Crippen molar-refractivity contribution in [1.29, 1.82) is 0 Å². The average molecular weight is 362 g/mol. The van der Waals surface area contributed by atoms with Crippen LogP contribution in [0, 0.1) is 0 Å². The Morgan fingerprint density at radius 3 is 2.48 bits per heavy atom. The highest BCUT2D eigenvalue weighted by atomic mass is 16.5. The lowest BCUT2D eigenvalue weighted by Gasteiger charge is -2.17. The van der Waals surface area contributed by atoms with Gasteiger partial charge in [-0.3, -0.25) is 9.97 Å². The number of nitrogens with zero attached hydrogens (tertiary/aromatic N) is 5. The van der Waals surface area contributed by atoms with Crippen LogP contribution in [0.5, 0.6) is 0 Å². The first-order valence-corrected chi connectivity index (χ1v) is 9.14. The van der Waals surface area contributed by atoms with Gasteiger partial charge in [0.2, 0.25) is 0 Å². The highest BCUT2D eigenvalue weighted by Crippen LogP contribution is 2.36. The van der Waals surface area contributed by atoms with Crippen LogP contribution in [-0.4, -0.2) is 52.8 Å². The van der Waals surface area contributed by atoms with Crippen LogP contribution in [0.15, 0.2) is 55.4 Å². The third kappa shape index (κ3) is 4.10. The van der Waals surface area contributed by atoms with Gasteiger partial charge in [0.05, 0.1) is 30.8 Å². The molecule has 1 fully saturated rings. The van der Waals surface area contributed by atoms with Crippen molar-refractivity contribution in [3.8, 4) is 11.3 Å². The first-order valence-electron chi connectivity index (χ1n) is 9.14. The molecule has 0 aromatic carbocycles. The summed E-state index contributed by atoms with van der Waals surface area (Å²) in [4.78, 5) is 19.4. The molecule has 3 aromatic heterocycles. The van der Waals surface area contributed by atoms with Gasteiger partial charge in [0.1, 0.15) is 12.1 Å². The molecule has 2 aliphatic heterocycles. The monoisotopic (exact) mass is 362 g/mol. The van der Waals surface area contributed by atoms with E-state index in [4.69, 9.17) is 4.74 Å². The lowest BCUT2D eigenvalue weighted by molar-refractivity contribution is 0.109. The molecule has 0 radical (unpaired) electrons. The van der Waals surface area contributed by atoms with Gasteiger partial charge in [-0.1, -0.05) is 0 Å². The van der Waals surface area contributed by atoms with Gasteiger partial charge >= 0.3 is 0 Å². The molecule has 0 saturated carbocycles. The maximum atomic E-state index is 5.01. The summed E-state index contributed by atoms with van der Waals surface area (Å²) in [5.41, 5.74) is 4.33. The smallest absolute Gasteiger partial charge is 0.140 e. The summed E-state index contributed by atoms with van der Waals surface area (Å²) in [6.07, 6.45) is 9.79. The molecule has 1 saturated heterocycles. The summed E-state index contributed by atoms with van der Waals surface area (Å²) < 4.78 is 5.01. The third-order valence-corrected chi connectivity index (χ3v) is 4.52. The van der Waals surface area contributed by atoms with E-state index in [-0.39, 0.29) is 0 Å². The van der Waals surface area contributed by atoms with Gasteiger partial charge in [-0.25, -0.2) is 9.97 Å². The van der Waals surface area contributed by atoms with Gasteiger partial charge in [0, 0.05) is 49.4 Å². The Bertz CT molecular complexity index is 843. The molecule has 0 spiro atoms. The van der Waals surface area contributed by atoms with Gasteiger partial charge in [-0.05, 0) is 30.7 Å². The minimum atomic E-state index is 0.889. The zero-order valence-corrected chi connectivity index (χ0v) is 15.1. The second-order valence-electron chi connectivity index (χ2n) is 6.24. The normalized spacial score (nSPS) is 15.6. The Hall–Kier alpha value is -2.90. The highest BCUT2D eigenvalue weighted by Gasteiger charge is 2.25. The van der Waals surface area contributed by atoms with Gasteiger partial charge < -0.3 is 15.0 Å². The quantitative estimate of drug-likeness (QED) is 0.749. The van der Waals surface area contributed by atoms with E-state index in [0.717, 1.165) is 62.0 Å². The minimum Gasteiger partial charge on any atom is -0.379 e.